The Morgan fingerprint density at radius 3 is 2.80 bits per heavy atom. The quantitative estimate of drug-likeness (QED) is 0.834. The van der Waals surface area contributed by atoms with Gasteiger partial charge in [0.05, 0.1) is 11.4 Å². The van der Waals surface area contributed by atoms with Crippen LogP contribution < -0.4 is 16.0 Å². The predicted molar refractivity (Wildman–Crippen MR) is 84.1 cm³/mol. The van der Waals surface area contributed by atoms with E-state index in [9.17, 15) is 4.79 Å². The van der Waals surface area contributed by atoms with E-state index in [2.05, 4.69) is 24.1 Å². The summed E-state index contributed by atoms with van der Waals surface area (Å²) in [6.07, 6.45) is 2.39. The molecular formula is C16H25N3O. The maximum atomic E-state index is 11.8. The van der Waals surface area contributed by atoms with Crippen LogP contribution in [0.3, 0.4) is 0 Å². The number of rotatable bonds is 3. The third-order valence-corrected chi connectivity index (χ3v) is 4.07. The molecule has 20 heavy (non-hydrogen) atoms. The van der Waals surface area contributed by atoms with Crippen molar-refractivity contribution in [1.82, 2.24) is 5.32 Å². The number of carbonyl (C=O) groups is 1. The second-order valence-corrected chi connectivity index (χ2v) is 5.81. The van der Waals surface area contributed by atoms with E-state index in [0.29, 0.717) is 23.8 Å². The summed E-state index contributed by atoms with van der Waals surface area (Å²) >= 11 is 0. The fourth-order valence-corrected chi connectivity index (χ4v) is 2.99. The van der Waals surface area contributed by atoms with Crippen molar-refractivity contribution in [3.8, 4) is 0 Å². The molecule has 3 N–H and O–H groups in total. The number of anilines is 2. The van der Waals surface area contributed by atoms with E-state index in [1.165, 1.54) is 12.8 Å². The molecule has 0 spiro atoms. The monoisotopic (exact) mass is 275 g/mol. The van der Waals surface area contributed by atoms with Gasteiger partial charge < -0.3 is 16.0 Å². The second kappa shape index (κ2) is 6.16. The summed E-state index contributed by atoms with van der Waals surface area (Å²) in [4.78, 5) is 14.2. The Bertz CT molecular complexity index is 487. The summed E-state index contributed by atoms with van der Waals surface area (Å²) in [6, 6.07) is 6.12. The number of piperidine rings is 1. The summed E-state index contributed by atoms with van der Waals surface area (Å²) < 4.78 is 0. The lowest BCUT2D eigenvalue weighted by molar-refractivity contribution is 0.0956. The Balaban J connectivity index is 2.19. The zero-order valence-electron chi connectivity index (χ0n) is 12.6. The van der Waals surface area contributed by atoms with Gasteiger partial charge >= 0.3 is 0 Å². The molecular weight excluding hydrogens is 250 g/mol. The topological polar surface area (TPSA) is 58.4 Å². The van der Waals surface area contributed by atoms with Gasteiger partial charge in [-0.05, 0) is 50.8 Å². The van der Waals surface area contributed by atoms with Gasteiger partial charge in [0.2, 0.25) is 0 Å². The minimum absolute atomic E-state index is 0.0638. The Hall–Kier alpha value is -1.71. The van der Waals surface area contributed by atoms with Crippen LogP contribution >= 0.6 is 0 Å². The molecule has 4 heteroatoms. The number of hydrogen-bond donors (Lipinski definition) is 2. The van der Waals surface area contributed by atoms with Crippen LogP contribution in [-0.4, -0.2) is 25.0 Å². The molecule has 110 valence electrons. The molecule has 2 atom stereocenters. The normalized spacial score (nSPS) is 22.6. The summed E-state index contributed by atoms with van der Waals surface area (Å²) in [7, 11) is 0. The largest absolute Gasteiger partial charge is 0.397 e. The second-order valence-electron chi connectivity index (χ2n) is 5.81. The first kappa shape index (κ1) is 14.7. The van der Waals surface area contributed by atoms with Crippen LogP contribution in [0.5, 0.6) is 0 Å². The SMILES string of the molecule is CCNC(=O)c1ccc(N2CCC(C)CC2C)c(N)c1. The number of nitrogens with one attached hydrogen (secondary N) is 1. The van der Waals surface area contributed by atoms with Crippen LogP contribution in [-0.2, 0) is 0 Å². The zero-order chi connectivity index (χ0) is 14.7. The van der Waals surface area contributed by atoms with Crippen molar-refractivity contribution < 1.29 is 4.79 Å². The standard InChI is InChI=1S/C16H25N3O/c1-4-18-16(20)13-5-6-15(14(17)10-13)19-8-7-11(2)9-12(19)3/h5-6,10-12H,4,7-9,17H2,1-3H3,(H,18,20). The first-order valence-corrected chi connectivity index (χ1v) is 7.47. The number of nitrogen functional groups attached to an aromatic ring is 1. The van der Waals surface area contributed by atoms with Crippen molar-refractivity contribution >= 4 is 17.3 Å². The molecule has 1 amide bonds. The molecule has 1 aliphatic rings. The minimum atomic E-state index is -0.0638. The van der Waals surface area contributed by atoms with Gasteiger partial charge in [-0.25, -0.2) is 0 Å². The van der Waals surface area contributed by atoms with Crippen LogP contribution in [0.25, 0.3) is 0 Å². The van der Waals surface area contributed by atoms with Crippen LogP contribution in [0.15, 0.2) is 18.2 Å². The summed E-state index contributed by atoms with van der Waals surface area (Å²) in [6.45, 7) is 8.11. The average Bonchev–Trinajstić information content (AvgIpc) is 2.40. The minimum Gasteiger partial charge on any atom is -0.397 e. The molecule has 1 aromatic carbocycles. The van der Waals surface area contributed by atoms with Gasteiger partial charge in [-0.1, -0.05) is 6.92 Å². The van der Waals surface area contributed by atoms with Gasteiger partial charge in [0.25, 0.3) is 5.91 Å². The van der Waals surface area contributed by atoms with E-state index >= 15 is 0 Å². The number of nitrogens with zero attached hydrogens (tertiary/aromatic N) is 1. The first-order chi connectivity index (χ1) is 9.52. The molecule has 1 heterocycles. The molecule has 0 aromatic heterocycles. The average molecular weight is 275 g/mol. The van der Waals surface area contributed by atoms with E-state index < -0.39 is 0 Å². The molecule has 4 nitrogen and oxygen atoms in total. The van der Waals surface area contributed by atoms with Crippen LogP contribution in [0, 0.1) is 5.92 Å². The van der Waals surface area contributed by atoms with Gasteiger partial charge in [-0.3, -0.25) is 4.79 Å². The van der Waals surface area contributed by atoms with Gasteiger partial charge in [0.15, 0.2) is 0 Å². The third kappa shape index (κ3) is 3.06. The fourth-order valence-electron chi connectivity index (χ4n) is 2.99. The fraction of sp³-hybridized carbons (Fsp3) is 0.562. The van der Waals surface area contributed by atoms with E-state index in [0.717, 1.165) is 18.2 Å². The lowest BCUT2D eigenvalue weighted by atomic mass is 9.92. The number of amides is 1. The number of benzene rings is 1. The van der Waals surface area contributed by atoms with Crippen molar-refractivity contribution in [2.24, 2.45) is 5.92 Å². The Kier molecular flexibility index (Phi) is 4.53. The molecule has 1 aromatic rings. The van der Waals surface area contributed by atoms with Crippen LogP contribution in [0.2, 0.25) is 0 Å². The lowest BCUT2D eigenvalue weighted by Crippen LogP contribution is -2.40. The summed E-state index contributed by atoms with van der Waals surface area (Å²) in [5.74, 6) is 0.711. The van der Waals surface area contributed by atoms with Crippen LogP contribution in [0.4, 0.5) is 11.4 Å². The molecule has 1 fully saturated rings. The van der Waals surface area contributed by atoms with E-state index in [4.69, 9.17) is 5.73 Å². The molecule has 0 bridgehead atoms. The third-order valence-electron chi connectivity index (χ3n) is 4.07. The van der Waals surface area contributed by atoms with Crippen LogP contribution in [0.1, 0.15) is 44.0 Å². The Morgan fingerprint density at radius 1 is 1.45 bits per heavy atom. The highest BCUT2D eigenvalue weighted by atomic mass is 16.1. The lowest BCUT2D eigenvalue weighted by Gasteiger charge is -2.39. The van der Waals surface area contributed by atoms with Gasteiger partial charge in [-0.2, -0.15) is 0 Å². The van der Waals surface area contributed by atoms with Crippen molar-refractivity contribution in [2.45, 2.75) is 39.7 Å². The van der Waals surface area contributed by atoms with Crippen molar-refractivity contribution in [2.75, 3.05) is 23.7 Å². The summed E-state index contributed by atoms with van der Waals surface area (Å²) in [5, 5.41) is 2.79. The molecule has 0 aliphatic carbocycles. The highest BCUT2D eigenvalue weighted by molar-refractivity contribution is 5.96. The number of carbonyl (C=O) groups excluding carboxylic acids is 1. The van der Waals surface area contributed by atoms with E-state index in [1.807, 2.05) is 19.1 Å². The zero-order valence-corrected chi connectivity index (χ0v) is 12.6. The smallest absolute Gasteiger partial charge is 0.251 e. The van der Waals surface area contributed by atoms with Crippen molar-refractivity contribution in [1.29, 1.82) is 0 Å². The predicted octanol–water partition coefficient (Wildman–Crippen LogP) is 2.64. The molecule has 0 saturated carbocycles. The van der Waals surface area contributed by atoms with Crippen molar-refractivity contribution in [3.63, 3.8) is 0 Å². The van der Waals surface area contributed by atoms with Gasteiger partial charge in [0.1, 0.15) is 0 Å². The van der Waals surface area contributed by atoms with Crippen molar-refractivity contribution in [3.05, 3.63) is 23.8 Å². The van der Waals surface area contributed by atoms with E-state index in [-0.39, 0.29) is 5.91 Å². The molecule has 2 unspecified atom stereocenters. The Morgan fingerprint density at radius 2 is 2.20 bits per heavy atom. The highest BCUT2D eigenvalue weighted by Gasteiger charge is 2.24. The van der Waals surface area contributed by atoms with Gasteiger partial charge in [-0.15, -0.1) is 0 Å². The molecule has 0 radical (unpaired) electrons. The molecule has 1 saturated heterocycles. The summed E-state index contributed by atoms with van der Waals surface area (Å²) in [5.41, 5.74) is 8.54. The number of nitrogens with two attached hydrogens (primary N) is 1. The van der Waals surface area contributed by atoms with Gasteiger partial charge in [0, 0.05) is 24.7 Å². The molecule has 1 aliphatic heterocycles. The number of hydrogen-bond acceptors (Lipinski definition) is 3. The maximum absolute atomic E-state index is 11.8. The maximum Gasteiger partial charge on any atom is 0.251 e. The first-order valence-electron chi connectivity index (χ1n) is 7.47. The molecule has 2 rings (SSSR count). The van der Waals surface area contributed by atoms with E-state index in [1.54, 1.807) is 6.07 Å². The Labute approximate surface area is 121 Å². The highest BCUT2D eigenvalue weighted by Crippen LogP contribution is 2.32.